The SMILES string of the molecule is CN(C)C(=O)C(CCCNC(=O)OCc1ccccc1)NC(=O)COc1ccc2c(c1)S(=O)(=O)NCc1c-2[nH]c2ccc(F)cc12. The lowest BCUT2D eigenvalue weighted by atomic mass is 10.1. The molecule has 0 saturated carbocycles. The van der Waals surface area contributed by atoms with Crippen LogP contribution in [0, 0.1) is 5.82 Å². The number of carbonyl (C=O) groups is 3. The van der Waals surface area contributed by atoms with Crippen molar-refractivity contribution in [2.45, 2.75) is 36.9 Å². The van der Waals surface area contributed by atoms with Crippen molar-refractivity contribution in [1.82, 2.24) is 25.2 Å². The Morgan fingerprint density at radius 2 is 1.83 bits per heavy atom. The highest BCUT2D eigenvalue weighted by Gasteiger charge is 2.29. The summed E-state index contributed by atoms with van der Waals surface area (Å²) < 4.78 is 53.5. The van der Waals surface area contributed by atoms with Crippen LogP contribution in [-0.2, 0) is 37.5 Å². The molecule has 242 valence electrons. The first-order chi connectivity index (χ1) is 22.0. The topological polar surface area (TPSA) is 159 Å². The lowest BCUT2D eigenvalue weighted by Gasteiger charge is -2.22. The molecule has 1 aliphatic heterocycles. The molecule has 1 atom stereocenters. The summed E-state index contributed by atoms with van der Waals surface area (Å²) in [6.07, 6.45) is 0.0230. The highest BCUT2D eigenvalue weighted by Crippen LogP contribution is 2.38. The third-order valence-corrected chi connectivity index (χ3v) is 8.86. The zero-order chi connectivity index (χ0) is 32.8. The van der Waals surface area contributed by atoms with Crippen LogP contribution in [0.1, 0.15) is 24.0 Å². The van der Waals surface area contributed by atoms with E-state index in [0.29, 0.717) is 34.1 Å². The van der Waals surface area contributed by atoms with Gasteiger partial charge in [-0.3, -0.25) is 9.59 Å². The van der Waals surface area contributed by atoms with Crippen LogP contribution in [0.25, 0.3) is 22.2 Å². The van der Waals surface area contributed by atoms with E-state index in [4.69, 9.17) is 9.47 Å². The van der Waals surface area contributed by atoms with Crippen molar-refractivity contribution < 1.29 is 36.7 Å². The van der Waals surface area contributed by atoms with Crippen LogP contribution in [0.4, 0.5) is 9.18 Å². The number of aromatic amines is 1. The molecule has 0 radical (unpaired) electrons. The highest BCUT2D eigenvalue weighted by atomic mass is 32.2. The summed E-state index contributed by atoms with van der Waals surface area (Å²) in [6, 6.07) is 17.0. The number of amides is 3. The van der Waals surface area contributed by atoms with E-state index in [0.717, 1.165) is 5.56 Å². The van der Waals surface area contributed by atoms with Crippen LogP contribution in [-0.4, -0.2) is 69.5 Å². The molecular formula is C32H34FN5O7S. The highest BCUT2D eigenvalue weighted by molar-refractivity contribution is 7.89. The van der Waals surface area contributed by atoms with Crippen molar-refractivity contribution in [3.8, 4) is 17.0 Å². The fourth-order valence-corrected chi connectivity index (χ4v) is 6.35. The number of fused-ring (bicyclic) bond motifs is 5. The fourth-order valence-electron chi connectivity index (χ4n) is 5.12. The molecule has 5 rings (SSSR count). The van der Waals surface area contributed by atoms with Crippen molar-refractivity contribution in [2.24, 2.45) is 0 Å². The number of nitrogens with zero attached hydrogens (tertiary/aromatic N) is 1. The summed E-state index contributed by atoms with van der Waals surface area (Å²) in [5, 5.41) is 5.86. The minimum Gasteiger partial charge on any atom is -0.484 e. The van der Waals surface area contributed by atoms with Gasteiger partial charge in [0.2, 0.25) is 15.9 Å². The molecule has 0 bridgehead atoms. The van der Waals surface area contributed by atoms with Gasteiger partial charge >= 0.3 is 6.09 Å². The van der Waals surface area contributed by atoms with Gasteiger partial charge in [-0.1, -0.05) is 30.3 Å². The number of rotatable bonds is 11. The number of carbonyl (C=O) groups excluding carboxylic acids is 3. The zero-order valence-electron chi connectivity index (χ0n) is 25.3. The Balaban J connectivity index is 1.18. The summed E-state index contributed by atoms with van der Waals surface area (Å²) in [4.78, 5) is 42.0. The van der Waals surface area contributed by atoms with Crippen molar-refractivity contribution in [1.29, 1.82) is 0 Å². The quantitative estimate of drug-likeness (QED) is 0.181. The van der Waals surface area contributed by atoms with Crippen LogP contribution in [0.2, 0.25) is 0 Å². The van der Waals surface area contributed by atoms with Crippen LogP contribution in [0.5, 0.6) is 5.75 Å². The second kappa shape index (κ2) is 14.0. The summed E-state index contributed by atoms with van der Waals surface area (Å²) in [5.41, 5.74) is 3.04. The first-order valence-electron chi connectivity index (χ1n) is 14.5. The predicted molar refractivity (Wildman–Crippen MR) is 168 cm³/mol. The average Bonchev–Trinajstić information content (AvgIpc) is 3.35. The van der Waals surface area contributed by atoms with Crippen molar-refractivity contribution >= 4 is 38.8 Å². The average molecular weight is 652 g/mol. The Morgan fingerprint density at radius 3 is 2.59 bits per heavy atom. The van der Waals surface area contributed by atoms with Gasteiger partial charge < -0.3 is 30.0 Å². The first kappa shape index (κ1) is 32.4. The molecule has 0 fully saturated rings. The Bertz CT molecular complexity index is 1860. The Hall–Kier alpha value is -4.95. The van der Waals surface area contributed by atoms with Crippen molar-refractivity contribution in [2.75, 3.05) is 27.2 Å². The number of likely N-dealkylation sites (N-methyl/N-ethyl adjacent to an activating group) is 1. The molecule has 14 heteroatoms. The van der Waals surface area contributed by atoms with E-state index in [1.165, 1.54) is 29.2 Å². The second-order valence-corrected chi connectivity index (χ2v) is 12.7. The number of nitrogens with one attached hydrogen (secondary N) is 4. The number of ether oxygens (including phenoxy) is 2. The van der Waals surface area contributed by atoms with E-state index in [9.17, 15) is 27.2 Å². The number of sulfonamides is 1. The third-order valence-electron chi connectivity index (χ3n) is 7.41. The molecule has 3 amide bonds. The molecule has 0 aliphatic carbocycles. The lowest BCUT2D eigenvalue weighted by Crippen LogP contribution is -2.47. The third kappa shape index (κ3) is 7.64. The van der Waals surface area contributed by atoms with Crippen LogP contribution >= 0.6 is 0 Å². The number of aromatic nitrogens is 1. The molecule has 2 heterocycles. The predicted octanol–water partition coefficient (Wildman–Crippen LogP) is 3.42. The van der Waals surface area contributed by atoms with Gasteiger partial charge in [0.1, 0.15) is 24.2 Å². The van der Waals surface area contributed by atoms with E-state index >= 15 is 0 Å². The molecule has 1 aliphatic rings. The Labute approximate surface area is 265 Å². The van der Waals surface area contributed by atoms with E-state index in [2.05, 4.69) is 20.3 Å². The number of hydrogen-bond acceptors (Lipinski definition) is 7. The normalized spacial score (nSPS) is 13.9. The van der Waals surface area contributed by atoms with Gasteiger partial charge in [-0.25, -0.2) is 22.3 Å². The van der Waals surface area contributed by atoms with Gasteiger partial charge in [-0.2, -0.15) is 0 Å². The largest absolute Gasteiger partial charge is 0.484 e. The maximum Gasteiger partial charge on any atom is 0.407 e. The van der Waals surface area contributed by atoms with Gasteiger partial charge in [0.15, 0.2) is 6.61 Å². The molecule has 1 aromatic heterocycles. The summed E-state index contributed by atoms with van der Waals surface area (Å²) in [5.74, 6) is -1.24. The monoisotopic (exact) mass is 651 g/mol. The number of alkyl carbamates (subject to hydrolysis) is 1. The van der Waals surface area contributed by atoms with E-state index in [-0.39, 0.29) is 42.7 Å². The number of halogens is 1. The molecule has 12 nitrogen and oxygen atoms in total. The summed E-state index contributed by atoms with van der Waals surface area (Å²) >= 11 is 0. The number of benzene rings is 3. The summed E-state index contributed by atoms with van der Waals surface area (Å²) in [6.45, 7) is -0.172. The standard InChI is InChI=1S/C32H34FN5O7S/c1-38(2)31(40)27(9-6-14-34-32(41)45-18-20-7-4-3-5-8-20)36-29(39)19-44-22-11-12-23-28(16-22)46(42,43)35-17-25-24-15-21(33)10-13-26(24)37-30(23)25/h3-5,7-8,10-13,15-16,27,35,37H,6,9,14,17-19H2,1-2H3,(H,34,41)(H,36,39). The van der Waals surface area contributed by atoms with Crippen molar-refractivity contribution in [3.63, 3.8) is 0 Å². The van der Waals surface area contributed by atoms with E-state index in [1.807, 2.05) is 30.3 Å². The van der Waals surface area contributed by atoms with Gasteiger partial charge in [0.25, 0.3) is 5.91 Å². The fraction of sp³-hybridized carbons (Fsp3) is 0.281. The molecule has 4 N–H and O–H groups in total. The zero-order valence-corrected chi connectivity index (χ0v) is 26.1. The molecule has 4 aromatic rings. The smallest absolute Gasteiger partial charge is 0.407 e. The van der Waals surface area contributed by atoms with Gasteiger partial charge in [-0.15, -0.1) is 0 Å². The van der Waals surface area contributed by atoms with E-state index < -0.39 is 40.5 Å². The van der Waals surface area contributed by atoms with Crippen LogP contribution < -0.4 is 20.1 Å². The van der Waals surface area contributed by atoms with Crippen molar-refractivity contribution in [3.05, 3.63) is 83.7 Å². The lowest BCUT2D eigenvalue weighted by molar-refractivity contribution is -0.135. The first-order valence-corrected chi connectivity index (χ1v) is 16.0. The summed E-state index contributed by atoms with van der Waals surface area (Å²) in [7, 11) is -0.834. The van der Waals surface area contributed by atoms with Gasteiger partial charge in [-0.05, 0) is 48.7 Å². The molecule has 0 spiro atoms. The number of H-pyrrole nitrogens is 1. The Morgan fingerprint density at radius 1 is 1.04 bits per heavy atom. The molecule has 3 aromatic carbocycles. The van der Waals surface area contributed by atoms with Gasteiger partial charge in [0, 0.05) is 55.3 Å². The molecule has 1 unspecified atom stereocenters. The second-order valence-electron chi connectivity index (χ2n) is 10.9. The maximum absolute atomic E-state index is 13.9. The molecule has 0 saturated heterocycles. The minimum atomic E-state index is -3.97. The Kier molecular flexibility index (Phi) is 9.87. The van der Waals surface area contributed by atoms with Gasteiger partial charge in [0.05, 0.1) is 10.6 Å². The minimum absolute atomic E-state index is 0.0416. The van der Waals surface area contributed by atoms with Crippen LogP contribution in [0.15, 0.2) is 71.6 Å². The maximum atomic E-state index is 13.9. The molecule has 46 heavy (non-hydrogen) atoms. The van der Waals surface area contributed by atoms with E-state index in [1.54, 1.807) is 26.2 Å². The van der Waals surface area contributed by atoms with Crippen LogP contribution in [0.3, 0.4) is 0 Å². The number of hydrogen-bond donors (Lipinski definition) is 4. The molecular weight excluding hydrogens is 617 g/mol.